The van der Waals surface area contributed by atoms with Crippen molar-refractivity contribution in [2.24, 2.45) is 0 Å². The number of aromatic hydroxyl groups is 1. The van der Waals surface area contributed by atoms with E-state index in [1.54, 1.807) is 23.1 Å². The Morgan fingerprint density at radius 2 is 2.17 bits per heavy atom. The molecule has 4 nitrogen and oxygen atoms in total. The molecular formula is C16H18BrNO3S2. The Morgan fingerprint density at radius 3 is 2.83 bits per heavy atom. The zero-order valence-corrected chi connectivity index (χ0v) is 16.2. The van der Waals surface area contributed by atoms with Crippen LogP contribution < -0.4 is 4.74 Å². The zero-order chi connectivity index (χ0) is 17.0. The number of nitrogens with zero attached hydrogens (tertiary/aromatic N) is 1. The van der Waals surface area contributed by atoms with E-state index >= 15 is 0 Å². The average molecular weight is 416 g/mol. The first-order valence-electron chi connectivity index (χ1n) is 7.38. The monoisotopic (exact) mass is 415 g/mol. The van der Waals surface area contributed by atoms with Gasteiger partial charge >= 0.3 is 0 Å². The fourth-order valence-corrected chi connectivity index (χ4v) is 3.84. The number of thiocarbonyl (C=S) groups is 1. The number of amides is 1. The second-order valence-corrected chi connectivity index (χ2v) is 7.49. The van der Waals surface area contributed by atoms with Gasteiger partial charge in [-0.25, -0.2) is 0 Å². The first kappa shape index (κ1) is 18.3. The molecule has 1 aromatic carbocycles. The fourth-order valence-electron chi connectivity index (χ4n) is 2.09. The molecule has 1 fully saturated rings. The van der Waals surface area contributed by atoms with Gasteiger partial charge in [0.25, 0.3) is 5.91 Å². The summed E-state index contributed by atoms with van der Waals surface area (Å²) in [6, 6.07) is 3.27. The van der Waals surface area contributed by atoms with Gasteiger partial charge in [-0.1, -0.05) is 53.3 Å². The van der Waals surface area contributed by atoms with Crippen LogP contribution in [0.2, 0.25) is 0 Å². The Bertz CT molecular complexity index is 661. The van der Waals surface area contributed by atoms with Crippen LogP contribution in [0.25, 0.3) is 6.08 Å². The van der Waals surface area contributed by atoms with Crippen LogP contribution in [-0.2, 0) is 4.79 Å². The predicted molar refractivity (Wildman–Crippen MR) is 102 cm³/mol. The third kappa shape index (κ3) is 4.28. The highest BCUT2D eigenvalue weighted by Gasteiger charge is 2.31. The molecule has 0 atom stereocenters. The molecule has 7 heteroatoms. The fraction of sp³-hybridized carbons (Fsp3) is 0.375. The van der Waals surface area contributed by atoms with Gasteiger partial charge in [-0.3, -0.25) is 9.69 Å². The molecule has 1 aliphatic heterocycles. The van der Waals surface area contributed by atoms with E-state index < -0.39 is 0 Å². The van der Waals surface area contributed by atoms with E-state index in [2.05, 4.69) is 22.9 Å². The number of halogens is 1. The van der Waals surface area contributed by atoms with E-state index in [-0.39, 0.29) is 11.7 Å². The Labute approximate surface area is 154 Å². The first-order chi connectivity index (χ1) is 11.0. The highest BCUT2D eigenvalue weighted by atomic mass is 79.9. The molecule has 124 valence electrons. The summed E-state index contributed by atoms with van der Waals surface area (Å²) in [6.07, 6.45) is 3.71. The van der Waals surface area contributed by atoms with Crippen LogP contribution in [0.3, 0.4) is 0 Å². The number of thioether (sulfide) groups is 1. The van der Waals surface area contributed by atoms with Crippen molar-refractivity contribution in [1.29, 1.82) is 0 Å². The SMILES string of the molecule is CCCCN1C(=O)C(=Cc2cc(OCC)c(O)cc2Br)SC1=S. The minimum atomic E-state index is -0.0635. The third-order valence-electron chi connectivity index (χ3n) is 3.27. The normalized spacial score (nSPS) is 16.5. The van der Waals surface area contributed by atoms with Crippen molar-refractivity contribution in [2.45, 2.75) is 26.7 Å². The average Bonchev–Trinajstić information content (AvgIpc) is 2.76. The third-order valence-corrected chi connectivity index (χ3v) is 5.34. The van der Waals surface area contributed by atoms with Crippen LogP contribution in [-0.4, -0.2) is 33.4 Å². The maximum absolute atomic E-state index is 12.5. The van der Waals surface area contributed by atoms with E-state index in [1.807, 2.05) is 6.92 Å². The number of rotatable bonds is 6. The van der Waals surface area contributed by atoms with Gasteiger partial charge < -0.3 is 9.84 Å². The Hall–Kier alpha value is -1.05. The first-order valence-corrected chi connectivity index (χ1v) is 9.40. The number of carbonyl (C=O) groups is 1. The summed E-state index contributed by atoms with van der Waals surface area (Å²) in [5, 5.41) is 9.86. The lowest BCUT2D eigenvalue weighted by molar-refractivity contribution is -0.122. The summed E-state index contributed by atoms with van der Waals surface area (Å²) in [7, 11) is 0. The quantitative estimate of drug-likeness (QED) is 0.545. The molecule has 0 aliphatic carbocycles. The van der Waals surface area contributed by atoms with Crippen molar-refractivity contribution < 1.29 is 14.6 Å². The van der Waals surface area contributed by atoms with Crippen molar-refractivity contribution in [3.05, 3.63) is 27.1 Å². The van der Waals surface area contributed by atoms with Gasteiger partial charge in [0, 0.05) is 11.0 Å². The highest BCUT2D eigenvalue weighted by molar-refractivity contribution is 9.10. The lowest BCUT2D eigenvalue weighted by atomic mass is 10.2. The van der Waals surface area contributed by atoms with Crippen LogP contribution in [0.5, 0.6) is 11.5 Å². The maximum Gasteiger partial charge on any atom is 0.266 e. The van der Waals surface area contributed by atoms with Gasteiger partial charge in [-0.05, 0) is 37.1 Å². The number of phenols is 1. The second kappa shape index (κ2) is 8.17. The second-order valence-electron chi connectivity index (χ2n) is 4.96. The number of benzene rings is 1. The van der Waals surface area contributed by atoms with Crippen molar-refractivity contribution in [1.82, 2.24) is 4.90 Å². The van der Waals surface area contributed by atoms with Gasteiger partial charge in [0.1, 0.15) is 4.32 Å². The van der Waals surface area contributed by atoms with Crippen LogP contribution in [0.1, 0.15) is 32.3 Å². The standard InChI is InChI=1S/C16H18BrNO3S2/c1-3-5-6-18-15(20)14(23-16(18)22)8-10-7-13(21-4-2)12(19)9-11(10)17/h7-9,19H,3-6H2,1-2H3. The Kier molecular flexibility index (Phi) is 6.50. The summed E-state index contributed by atoms with van der Waals surface area (Å²) in [5.41, 5.74) is 0.766. The number of hydrogen-bond donors (Lipinski definition) is 1. The lowest BCUT2D eigenvalue weighted by Crippen LogP contribution is -2.28. The predicted octanol–water partition coefficient (Wildman–Crippen LogP) is 4.55. The number of unbranched alkanes of at least 4 members (excludes halogenated alkanes) is 1. The molecule has 1 N–H and O–H groups in total. The van der Waals surface area contributed by atoms with Gasteiger partial charge in [0.15, 0.2) is 11.5 Å². The van der Waals surface area contributed by atoms with Gasteiger partial charge in [-0.2, -0.15) is 0 Å². The lowest BCUT2D eigenvalue weighted by Gasteiger charge is -2.13. The van der Waals surface area contributed by atoms with Crippen LogP contribution in [0.4, 0.5) is 0 Å². The molecule has 1 amide bonds. The van der Waals surface area contributed by atoms with Crippen LogP contribution in [0, 0.1) is 0 Å². The minimum absolute atomic E-state index is 0.0615. The highest BCUT2D eigenvalue weighted by Crippen LogP contribution is 2.37. The molecule has 1 aliphatic rings. The number of ether oxygens (including phenoxy) is 1. The van der Waals surface area contributed by atoms with E-state index in [9.17, 15) is 9.90 Å². The van der Waals surface area contributed by atoms with Gasteiger partial charge in [-0.15, -0.1) is 0 Å². The molecular weight excluding hydrogens is 398 g/mol. The number of hydrogen-bond acceptors (Lipinski definition) is 5. The number of carbonyl (C=O) groups excluding carboxylic acids is 1. The molecule has 0 radical (unpaired) electrons. The van der Waals surface area contributed by atoms with Crippen molar-refractivity contribution in [3.63, 3.8) is 0 Å². The summed E-state index contributed by atoms with van der Waals surface area (Å²) < 4.78 is 6.68. The molecule has 2 rings (SSSR count). The molecule has 1 saturated heterocycles. The van der Waals surface area contributed by atoms with E-state index in [0.717, 1.165) is 18.4 Å². The summed E-state index contributed by atoms with van der Waals surface area (Å²) >= 11 is 10.0. The zero-order valence-electron chi connectivity index (χ0n) is 13.0. The van der Waals surface area contributed by atoms with E-state index in [1.165, 1.54) is 11.8 Å². The summed E-state index contributed by atoms with van der Waals surface area (Å²) in [5.74, 6) is 0.390. The Morgan fingerprint density at radius 1 is 1.43 bits per heavy atom. The van der Waals surface area contributed by atoms with Gasteiger partial charge in [0.05, 0.1) is 11.5 Å². The van der Waals surface area contributed by atoms with Crippen molar-refractivity contribution in [2.75, 3.05) is 13.2 Å². The van der Waals surface area contributed by atoms with E-state index in [4.69, 9.17) is 17.0 Å². The van der Waals surface area contributed by atoms with Gasteiger partial charge in [0.2, 0.25) is 0 Å². The van der Waals surface area contributed by atoms with Crippen LogP contribution >= 0.6 is 39.9 Å². The molecule has 23 heavy (non-hydrogen) atoms. The molecule has 0 aromatic heterocycles. The van der Waals surface area contributed by atoms with Crippen LogP contribution in [0.15, 0.2) is 21.5 Å². The number of phenolic OH excluding ortho intramolecular Hbond substituents is 1. The maximum atomic E-state index is 12.5. The van der Waals surface area contributed by atoms with E-state index in [0.29, 0.717) is 32.6 Å². The molecule has 1 heterocycles. The molecule has 0 unspecified atom stereocenters. The molecule has 0 saturated carbocycles. The largest absolute Gasteiger partial charge is 0.504 e. The summed E-state index contributed by atoms with van der Waals surface area (Å²) in [4.78, 5) is 14.7. The molecule has 0 spiro atoms. The molecule has 0 bridgehead atoms. The molecule has 1 aromatic rings. The topological polar surface area (TPSA) is 49.8 Å². The smallest absolute Gasteiger partial charge is 0.266 e. The Balaban J connectivity index is 2.30. The summed E-state index contributed by atoms with van der Waals surface area (Å²) in [6.45, 7) is 5.03. The van der Waals surface area contributed by atoms with Crippen molar-refractivity contribution in [3.8, 4) is 11.5 Å². The van der Waals surface area contributed by atoms with Crippen molar-refractivity contribution >= 4 is 56.2 Å². The minimum Gasteiger partial charge on any atom is -0.504 e.